The third-order valence-electron chi connectivity index (χ3n) is 2.77. The molecule has 0 amide bonds. The highest BCUT2D eigenvalue weighted by Gasteiger charge is 2.08. The first-order chi connectivity index (χ1) is 9.84. The van der Waals surface area contributed by atoms with Crippen molar-refractivity contribution in [1.82, 2.24) is 9.97 Å². The van der Waals surface area contributed by atoms with Gasteiger partial charge in [0.1, 0.15) is 0 Å². The van der Waals surface area contributed by atoms with E-state index < -0.39 is 9.84 Å². The molecule has 2 rings (SSSR count). The molecule has 0 saturated carbocycles. The van der Waals surface area contributed by atoms with E-state index in [0.717, 1.165) is 28.2 Å². The van der Waals surface area contributed by atoms with Gasteiger partial charge >= 0.3 is 0 Å². The maximum absolute atomic E-state index is 11.3. The quantitative estimate of drug-likeness (QED) is 0.884. The summed E-state index contributed by atoms with van der Waals surface area (Å²) in [5.41, 5.74) is 0.793. The van der Waals surface area contributed by atoms with Crippen molar-refractivity contribution in [3.05, 3.63) is 34.4 Å². The molecule has 7 heteroatoms. The van der Waals surface area contributed by atoms with Crippen LogP contribution in [0.3, 0.4) is 0 Å². The van der Waals surface area contributed by atoms with Crippen LogP contribution < -0.4 is 5.32 Å². The van der Waals surface area contributed by atoms with Crippen LogP contribution >= 0.6 is 11.3 Å². The summed E-state index contributed by atoms with van der Waals surface area (Å²) in [5.74, 6) is 0.602. The van der Waals surface area contributed by atoms with E-state index in [9.17, 15) is 8.42 Å². The highest BCUT2D eigenvalue weighted by atomic mass is 32.2. The summed E-state index contributed by atoms with van der Waals surface area (Å²) in [6, 6.07) is 3.23. The first kappa shape index (κ1) is 15.9. The molecule has 0 saturated heterocycles. The maximum atomic E-state index is 11.3. The topological polar surface area (TPSA) is 72.0 Å². The molecule has 2 aromatic heterocycles. The number of hydrogen-bond donors (Lipinski definition) is 1. The van der Waals surface area contributed by atoms with Crippen LogP contribution in [0.2, 0.25) is 0 Å². The summed E-state index contributed by atoms with van der Waals surface area (Å²) in [5, 5.41) is 4.45. The average molecular weight is 325 g/mol. The lowest BCUT2D eigenvalue weighted by molar-refractivity contribution is 0.598. The number of nitrogens with zero attached hydrogens (tertiary/aromatic N) is 2. The Morgan fingerprint density at radius 2 is 2.00 bits per heavy atom. The fraction of sp³-hybridized carbons (Fsp3) is 0.429. The van der Waals surface area contributed by atoms with Crippen molar-refractivity contribution < 1.29 is 8.42 Å². The van der Waals surface area contributed by atoms with Crippen molar-refractivity contribution in [3.8, 4) is 0 Å². The van der Waals surface area contributed by atoms with E-state index in [1.54, 1.807) is 17.4 Å². The van der Waals surface area contributed by atoms with E-state index in [2.05, 4.69) is 29.1 Å². The monoisotopic (exact) mass is 325 g/mol. The lowest BCUT2D eigenvalue weighted by Crippen LogP contribution is -2.02. The van der Waals surface area contributed by atoms with E-state index in [0.29, 0.717) is 12.5 Å². The molecule has 0 aromatic carbocycles. The van der Waals surface area contributed by atoms with Gasteiger partial charge in [-0.05, 0) is 18.1 Å². The van der Waals surface area contributed by atoms with Gasteiger partial charge in [-0.25, -0.2) is 18.4 Å². The van der Waals surface area contributed by atoms with Crippen LogP contribution in [-0.2, 0) is 22.8 Å². The molecular formula is C14H19N3O2S2. The molecule has 114 valence electrons. The van der Waals surface area contributed by atoms with E-state index in [1.807, 2.05) is 6.20 Å². The van der Waals surface area contributed by atoms with Gasteiger partial charge in [-0.3, -0.25) is 0 Å². The van der Waals surface area contributed by atoms with Crippen LogP contribution in [0, 0.1) is 5.92 Å². The minimum Gasteiger partial charge on any atom is -0.379 e. The molecule has 0 aliphatic rings. The standard InChI is InChI=1S/C14H19N3O2S2/c1-10(2)6-13-16-9-12(20-13)8-15-11-4-5-14(17-7-11)21(3,18)19/h4-5,7,9-10,15H,6,8H2,1-3H3. The van der Waals surface area contributed by atoms with Crippen molar-refractivity contribution in [3.63, 3.8) is 0 Å². The fourth-order valence-corrected chi connectivity index (χ4v) is 3.40. The summed E-state index contributed by atoms with van der Waals surface area (Å²) in [4.78, 5) is 9.49. The molecule has 2 aromatic rings. The minimum atomic E-state index is -3.24. The Morgan fingerprint density at radius 1 is 1.24 bits per heavy atom. The third kappa shape index (κ3) is 4.78. The molecular weight excluding hydrogens is 306 g/mol. The summed E-state index contributed by atoms with van der Waals surface area (Å²) in [6.45, 7) is 5.01. The Balaban J connectivity index is 1.95. The molecule has 0 spiro atoms. The predicted octanol–water partition coefficient (Wildman–Crippen LogP) is 2.75. The minimum absolute atomic E-state index is 0.0880. The maximum Gasteiger partial charge on any atom is 0.192 e. The SMILES string of the molecule is CC(C)Cc1ncc(CNc2ccc(S(C)(=O)=O)nc2)s1. The van der Waals surface area contributed by atoms with Gasteiger partial charge in [0.05, 0.1) is 23.4 Å². The number of aromatic nitrogens is 2. The molecule has 0 aliphatic heterocycles. The van der Waals surface area contributed by atoms with E-state index >= 15 is 0 Å². The normalized spacial score (nSPS) is 11.8. The largest absolute Gasteiger partial charge is 0.379 e. The van der Waals surface area contributed by atoms with Crippen LogP contribution in [-0.4, -0.2) is 24.6 Å². The van der Waals surface area contributed by atoms with Gasteiger partial charge < -0.3 is 5.32 Å². The molecule has 2 heterocycles. The summed E-state index contributed by atoms with van der Waals surface area (Å²) in [7, 11) is -3.24. The van der Waals surface area contributed by atoms with Crippen molar-refractivity contribution in [2.24, 2.45) is 5.92 Å². The van der Waals surface area contributed by atoms with Crippen molar-refractivity contribution >= 4 is 26.9 Å². The Kier molecular flexibility index (Phi) is 4.95. The number of pyridine rings is 1. The Labute approximate surface area is 129 Å². The molecule has 0 radical (unpaired) electrons. The number of thiazole rings is 1. The molecule has 0 atom stereocenters. The number of hydrogen-bond acceptors (Lipinski definition) is 6. The van der Waals surface area contributed by atoms with Crippen LogP contribution in [0.25, 0.3) is 0 Å². The molecule has 21 heavy (non-hydrogen) atoms. The van der Waals surface area contributed by atoms with Gasteiger partial charge in [-0.1, -0.05) is 13.8 Å². The molecule has 5 nitrogen and oxygen atoms in total. The zero-order valence-corrected chi connectivity index (χ0v) is 14.0. The highest BCUT2D eigenvalue weighted by molar-refractivity contribution is 7.90. The summed E-state index contributed by atoms with van der Waals surface area (Å²) >= 11 is 1.70. The van der Waals surface area contributed by atoms with Gasteiger partial charge in [-0.2, -0.15) is 0 Å². The second-order valence-electron chi connectivity index (χ2n) is 5.33. The number of rotatable bonds is 6. The number of sulfone groups is 1. The Hall–Kier alpha value is -1.47. The van der Waals surface area contributed by atoms with Crippen molar-refractivity contribution in [2.45, 2.75) is 31.8 Å². The first-order valence-corrected chi connectivity index (χ1v) is 9.39. The second-order valence-corrected chi connectivity index (χ2v) is 8.49. The second kappa shape index (κ2) is 6.53. The number of nitrogens with one attached hydrogen (secondary N) is 1. The van der Waals surface area contributed by atoms with Crippen LogP contribution in [0.4, 0.5) is 5.69 Å². The van der Waals surface area contributed by atoms with Crippen molar-refractivity contribution in [1.29, 1.82) is 0 Å². The van der Waals surface area contributed by atoms with Crippen molar-refractivity contribution in [2.75, 3.05) is 11.6 Å². The fourth-order valence-electron chi connectivity index (χ4n) is 1.77. The smallest absolute Gasteiger partial charge is 0.192 e. The van der Waals surface area contributed by atoms with Crippen LogP contribution in [0.1, 0.15) is 23.7 Å². The zero-order chi connectivity index (χ0) is 15.5. The lowest BCUT2D eigenvalue weighted by atomic mass is 10.1. The van der Waals surface area contributed by atoms with Gasteiger partial charge in [-0.15, -0.1) is 11.3 Å². The van der Waals surface area contributed by atoms with E-state index in [-0.39, 0.29) is 5.03 Å². The summed E-state index contributed by atoms with van der Waals surface area (Å²) < 4.78 is 22.6. The number of anilines is 1. The molecule has 1 N–H and O–H groups in total. The van der Waals surface area contributed by atoms with E-state index in [1.165, 1.54) is 12.3 Å². The first-order valence-electron chi connectivity index (χ1n) is 6.68. The third-order valence-corrected chi connectivity index (χ3v) is 4.79. The average Bonchev–Trinajstić information content (AvgIpc) is 2.82. The molecule has 0 aliphatic carbocycles. The van der Waals surface area contributed by atoms with Gasteiger partial charge in [0.25, 0.3) is 0 Å². The zero-order valence-electron chi connectivity index (χ0n) is 12.3. The Morgan fingerprint density at radius 3 is 2.57 bits per heavy atom. The predicted molar refractivity (Wildman–Crippen MR) is 85.3 cm³/mol. The summed E-state index contributed by atoms with van der Waals surface area (Å²) in [6.07, 6.45) is 5.56. The lowest BCUT2D eigenvalue weighted by Gasteiger charge is -2.04. The molecule has 0 bridgehead atoms. The van der Waals surface area contributed by atoms with Gasteiger partial charge in [0.15, 0.2) is 14.9 Å². The Bertz CT molecular complexity index is 691. The van der Waals surface area contributed by atoms with Gasteiger partial charge in [0, 0.05) is 23.8 Å². The molecule has 0 unspecified atom stereocenters. The van der Waals surface area contributed by atoms with E-state index in [4.69, 9.17) is 0 Å². The molecule has 0 fully saturated rings. The van der Waals surface area contributed by atoms with Crippen LogP contribution in [0.5, 0.6) is 0 Å². The van der Waals surface area contributed by atoms with Gasteiger partial charge in [0.2, 0.25) is 0 Å². The highest BCUT2D eigenvalue weighted by Crippen LogP contribution is 2.18. The van der Waals surface area contributed by atoms with Crippen LogP contribution in [0.15, 0.2) is 29.6 Å².